The maximum atomic E-state index is 12.7. The molecule has 1 aromatic rings. The maximum absolute atomic E-state index is 12.7. The molecule has 0 aromatic carbocycles. The van der Waals surface area contributed by atoms with Crippen molar-refractivity contribution in [2.75, 3.05) is 19.6 Å². The zero-order valence-corrected chi connectivity index (χ0v) is 14.7. The van der Waals surface area contributed by atoms with Gasteiger partial charge in [-0.1, -0.05) is 0 Å². The second-order valence-electron chi connectivity index (χ2n) is 6.00. The van der Waals surface area contributed by atoms with Gasteiger partial charge in [-0.2, -0.15) is 0 Å². The normalized spacial score (nSPS) is 24.5. The Kier molecular flexibility index (Phi) is 7.66. The van der Waals surface area contributed by atoms with Crippen molar-refractivity contribution in [1.29, 1.82) is 0 Å². The van der Waals surface area contributed by atoms with Crippen LogP contribution in [0.3, 0.4) is 0 Å². The zero-order valence-electron chi connectivity index (χ0n) is 13.0. The van der Waals surface area contributed by atoms with Gasteiger partial charge in [-0.25, -0.2) is 4.98 Å². The Morgan fingerprint density at radius 2 is 2.18 bits per heavy atom. The summed E-state index contributed by atoms with van der Waals surface area (Å²) in [6.45, 7) is 5.74. The Morgan fingerprint density at radius 3 is 2.82 bits per heavy atom. The highest BCUT2D eigenvalue weighted by Crippen LogP contribution is 2.24. The molecule has 3 rings (SSSR count). The summed E-state index contributed by atoms with van der Waals surface area (Å²) in [6, 6.07) is 0.345. The van der Waals surface area contributed by atoms with Crippen LogP contribution < -0.4 is 5.32 Å². The zero-order chi connectivity index (χ0) is 13.9. The molecule has 2 saturated heterocycles. The number of aromatic nitrogens is 2. The number of likely N-dealkylation sites (tertiary alicyclic amines) is 1. The Hall–Kier alpha value is -0.780. The monoisotopic (exact) mass is 348 g/mol. The quantitative estimate of drug-likeness (QED) is 0.909. The number of aryl methyl sites for hydroxylation is 1. The van der Waals surface area contributed by atoms with Gasteiger partial charge in [-0.15, -0.1) is 24.8 Å². The lowest BCUT2D eigenvalue weighted by Gasteiger charge is -2.31. The summed E-state index contributed by atoms with van der Waals surface area (Å²) >= 11 is 0. The molecule has 2 unspecified atom stereocenters. The Balaban J connectivity index is 0.00000121. The minimum Gasteiger partial charge on any atom is -0.338 e. The van der Waals surface area contributed by atoms with E-state index in [1.165, 1.54) is 0 Å². The summed E-state index contributed by atoms with van der Waals surface area (Å²) in [5.41, 5.74) is 0. The lowest BCUT2D eigenvalue weighted by atomic mass is 9.98. The van der Waals surface area contributed by atoms with Gasteiger partial charge in [-0.05, 0) is 39.2 Å². The minimum absolute atomic E-state index is 0. The van der Waals surface area contributed by atoms with Gasteiger partial charge < -0.3 is 14.8 Å². The summed E-state index contributed by atoms with van der Waals surface area (Å²) in [5.74, 6) is 1.58. The highest BCUT2D eigenvalue weighted by Gasteiger charge is 2.33. The third-order valence-electron chi connectivity index (χ3n) is 4.64. The number of nitrogens with one attached hydrogen (secondary N) is 1. The molecular formula is C15H26Cl2N4O. The molecule has 7 heteroatoms. The fourth-order valence-corrected chi connectivity index (χ4v) is 3.44. The Labute approximate surface area is 144 Å². The van der Waals surface area contributed by atoms with E-state index in [1.807, 2.05) is 19.3 Å². The first-order chi connectivity index (χ1) is 9.75. The smallest absolute Gasteiger partial charge is 0.227 e. The number of hydrogen-bond acceptors (Lipinski definition) is 3. The predicted octanol–water partition coefficient (Wildman–Crippen LogP) is 2.03. The maximum Gasteiger partial charge on any atom is 0.227 e. The molecule has 22 heavy (non-hydrogen) atoms. The standard InChI is InChI=1S/C15H24N4O.2ClH/c1-12-17-7-9-18(12)11-14-5-3-8-19(14)15(20)13-4-2-6-16-10-13;;/h7,9,13-14,16H,2-6,8,10-11H2,1H3;2*1H. The van der Waals surface area contributed by atoms with E-state index in [2.05, 4.69) is 19.8 Å². The molecule has 1 N–H and O–H groups in total. The lowest BCUT2D eigenvalue weighted by molar-refractivity contribution is -0.137. The molecule has 0 spiro atoms. The fourth-order valence-electron chi connectivity index (χ4n) is 3.44. The first-order valence-corrected chi connectivity index (χ1v) is 7.74. The number of piperidine rings is 1. The molecule has 0 radical (unpaired) electrons. The number of carbonyl (C=O) groups excluding carboxylic acids is 1. The van der Waals surface area contributed by atoms with Gasteiger partial charge in [0, 0.05) is 38.1 Å². The van der Waals surface area contributed by atoms with Crippen LogP contribution in [0.4, 0.5) is 0 Å². The molecule has 5 nitrogen and oxygen atoms in total. The van der Waals surface area contributed by atoms with E-state index in [9.17, 15) is 4.79 Å². The Bertz CT molecular complexity index is 474. The molecule has 2 fully saturated rings. The second-order valence-corrected chi connectivity index (χ2v) is 6.00. The number of imidazole rings is 1. The number of rotatable bonds is 3. The van der Waals surface area contributed by atoms with Crippen molar-refractivity contribution in [3.8, 4) is 0 Å². The lowest BCUT2D eigenvalue weighted by Crippen LogP contribution is -2.46. The van der Waals surface area contributed by atoms with Crippen molar-refractivity contribution in [1.82, 2.24) is 19.8 Å². The SMILES string of the molecule is Cc1nccn1CC1CCCN1C(=O)C1CCCNC1.Cl.Cl. The molecule has 1 aromatic heterocycles. The molecule has 0 saturated carbocycles. The molecule has 2 aliphatic rings. The number of hydrogen-bond donors (Lipinski definition) is 1. The van der Waals surface area contributed by atoms with E-state index < -0.39 is 0 Å². The predicted molar refractivity (Wildman–Crippen MR) is 91.8 cm³/mol. The van der Waals surface area contributed by atoms with Gasteiger partial charge in [0.25, 0.3) is 0 Å². The van der Waals surface area contributed by atoms with Crippen LogP contribution in [0, 0.1) is 12.8 Å². The fraction of sp³-hybridized carbons (Fsp3) is 0.733. The third kappa shape index (κ3) is 4.15. The minimum atomic E-state index is 0. The molecule has 0 aliphatic carbocycles. The van der Waals surface area contributed by atoms with Gasteiger partial charge in [0.15, 0.2) is 0 Å². The van der Waals surface area contributed by atoms with Crippen molar-refractivity contribution in [3.63, 3.8) is 0 Å². The van der Waals surface area contributed by atoms with E-state index in [1.54, 1.807) is 0 Å². The van der Waals surface area contributed by atoms with E-state index >= 15 is 0 Å². The number of halogens is 2. The van der Waals surface area contributed by atoms with E-state index in [-0.39, 0.29) is 30.7 Å². The molecule has 0 bridgehead atoms. The molecular weight excluding hydrogens is 323 g/mol. The van der Waals surface area contributed by atoms with Gasteiger partial charge in [0.2, 0.25) is 5.91 Å². The van der Waals surface area contributed by atoms with Crippen LogP contribution in [-0.4, -0.2) is 46.0 Å². The van der Waals surface area contributed by atoms with Gasteiger partial charge in [-0.3, -0.25) is 4.79 Å². The van der Waals surface area contributed by atoms with Crippen LogP contribution in [0.5, 0.6) is 0 Å². The Morgan fingerprint density at radius 1 is 1.36 bits per heavy atom. The summed E-state index contributed by atoms with van der Waals surface area (Å²) in [6.07, 6.45) is 8.25. The topological polar surface area (TPSA) is 50.2 Å². The summed E-state index contributed by atoms with van der Waals surface area (Å²) in [7, 11) is 0. The van der Waals surface area contributed by atoms with E-state index in [4.69, 9.17) is 0 Å². The van der Waals surface area contributed by atoms with Crippen LogP contribution in [0.2, 0.25) is 0 Å². The van der Waals surface area contributed by atoms with Crippen molar-refractivity contribution < 1.29 is 4.79 Å². The highest BCUT2D eigenvalue weighted by atomic mass is 35.5. The largest absolute Gasteiger partial charge is 0.338 e. The number of nitrogens with zero attached hydrogens (tertiary/aromatic N) is 3. The van der Waals surface area contributed by atoms with Crippen molar-refractivity contribution in [2.24, 2.45) is 5.92 Å². The summed E-state index contributed by atoms with van der Waals surface area (Å²) < 4.78 is 2.16. The van der Waals surface area contributed by atoms with Crippen molar-refractivity contribution >= 4 is 30.7 Å². The van der Waals surface area contributed by atoms with Gasteiger partial charge in [0.05, 0.1) is 5.92 Å². The van der Waals surface area contributed by atoms with Crippen molar-refractivity contribution in [2.45, 2.75) is 45.2 Å². The number of amides is 1. The van der Waals surface area contributed by atoms with Crippen LogP contribution >= 0.6 is 24.8 Å². The van der Waals surface area contributed by atoms with Crippen molar-refractivity contribution in [3.05, 3.63) is 18.2 Å². The van der Waals surface area contributed by atoms with Crippen LogP contribution in [-0.2, 0) is 11.3 Å². The van der Waals surface area contributed by atoms with Crippen LogP contribution in [0.1, 0.15) is 31.5 Å². The second kappa shape index (κ2) is 8.75. The molecule has 126 valence electrons. The summed E-state index contributed by atoms with van der Waals surface area (Å²) in [5, 5.41) is 3.35. The average Bonchev–Trinajstić information content (AvgIpc) is 3.09. The first kappa shape index (κ1) is 19.3. The van der Waals surface area contributed by atoms with Crippen LogP contribution in [0.15, 0.2) is 12.4 Å². The van der Waals surface area contributed by atoms with E-state index in [0.29, 0.717) is 11.9 Å². The first-order valence-electron chi connectivity index (χ1n) is 7.74. The molecule has 3 heterocycles. The highest BCUT2D eigenvalue weighted by molar-refractivity contribution is 5.85. The molecule has 1 amide bonds. The van der Waals surface area contributed by atoms with Gasteiger partial charge in [0.1, 0.15) is 5.82 Å². The number of carbonyl (C=O) groups is 1. The van der Waals surface area contributed by atoms with Crippen LogP contribution in [0.25, 0.3) is 0 Å². The molecule has 2 atom stereocenters. The average molecular weight is 349 g/mol. The van der Waals surface area contributed by atoms with Gasteiger partial charge >= 0.3 is 0 Å². The summed E-state index contributed by atoms with van der Waals surface area (Å²) in [4.78, 5) is 19.1. The molecule has 2 aliphatic heterocycles. The third-order valence-corrected chi connectivity index (χ3v) is 4.64. The van der Waals surface area contributed by atoms with E-state index in [0.717, 1.165) is 57.7 Å².